The van der Waals surface area contributed by atoms with Gasteiger partial charge in [0.2, 0.25) is 0 Å². The molecule has 0 aromatic carbocycles. The monoisotopic (exact) mass is 526 g/mol. The van der Waals surface area contributed by atoms with Crippen LogP contribution < -0.4 is 0 Å². The van der Waals surface area contributed by atoms with E-state index in [1.807, 2.05) is 0 Å². The molecule has 0 rings (SSSR count). The second-order valence-electron chi connectivity index (χ2n) is 12.6. The molecule has 0 heterocycles. The SMILES string of the molecule is CCCCCCCC(CCCCCCC)[Si](C)(C)O[Si](C)(CCCCCCC)CCCCCCC. The zero-order valence-corrected chi connectivity index (χ0v) is 28.0. The van der Waals surface area contributed by atoms with Crippen LogP contribution in [0.15, 0.2) is 0 Å². The molecule has 0 aliphatic rings. The van der Waals surface area contributed by atoms with Crippen molar-refractivity contribution in [3.8, 4) is 0 Å². The maximum atomic E-state index is 7.53. The average Bonchev–Trinajstić information content (AvgIpc) is 2.81. The van der Waals surface area contributed by atoms with E-state index in [2.05, 4.69) is 47.3 Å². The number of rotatable bonds is 27. The lowest BCUT2D eigenvalue weighted by atomic mass is 10.0. The summed E-state index contributed by atoms with van der Waals surface area (Å²) in [5.74, 6) is 0. The topological polar surface area (TPSA) is 9.23 Å². The summed E-state index contributed by atoms with van der Waals surface area (Å²) in [5, 5.41) is 0. The Bertz CT molecular complexity index is 409. The molecule has 0 unspecified atom stereocenters. The zero-order valence-electron chi connectivity index (χ0n) is 26.0. The first-order chi connectivity index (χ1) is 16.8. The minimum absolute atomic E-state index is 0.873. The Balaban J connectivity index is 5.12. The van der Waals surface area contributed by atoms with Crippen molar-refractivity contribution < 1.29 is 4.12 Å². The summed E-state index contributed by atoms with van der Waals surface area (Å²) >= 11 is 0. The first-order valence-corrected chi connectivity index (χ1v) is 22.4. The van der Waals surface area contributed by atoms with Crippen LogP contribution in [-0.4, -0.2) is 16.6 Å². The molecule has 0 N–H and O–H groups in total. The van der Waals surface area contributed by atoms with Gasteiger partial charge in [-0.2, -0.15) is 0 Å². The van der Waals surface area contributed by atoms with Gasteiger partial charge in [-0.25, -0.2) is 0 Å². The second kappa shape index (κ2) is 23.5. The summed E-state index contributed by atoms with van der Waals surface area (Å²) in [5.41, 5.74) is 0.873. The van der Waals surface area contributed by atoms with Gasteiger partial charge in [0.05, 0.1) is 0 Å². The van der Waals surface area contributed by atoms with E-state index in [1.165, 1.54) is 153 Å². The van der Waals surface area contributed by atoms with Gasteiger partial charge in [-0.15, -0.1) is 0 Å². The molecule has 0 fully saturated rings. The molecule has 0 bridgehead atoms. The highest BCUT2D eigenvalue weighted by molar-refractivity contribution is 6.86. The van der Waals surface area contributed by atoms with Crippen LogP contribution in [0.4, 0.5) is 0 Å². The normalized spacial score (nSPS) is 12.7. The van der Waals surface area contributed by atoms with Crippen molar-refractivity contribution in [1.29, 1.82) is 0 Å². The third-order valence-electron chi connectivity index (χ3n) is 8.42. The molecular weight excluding hydrogens is 457 g/mol. The lowest BCUT2D eigenvalue weighted by Crippen LogP contribution is -2.49. The molecule has 0 aromatic heterocycles. The fourth-order valence-electron chi connectivity index (χ4n) is 5.98. The number of hydrogen-bond donors (Lipinski definition) is 0. The van der Waals surface area contributed by atoms with Crippen molar-refractivity contribution in [3.63, 3.8) is 0 Å². The summed E-state index contributed by atoms with van der Waals surface area (Å²) < 4.78 is 7.53. The quantitative estimate of drug-likeness (QED) is 0.0763. The minimum atomic E-state index is -1.69. The summed E-state index contributed by atoms with van der Waals surface area (Å²) in [6.45, 7) is 17.2. The Morgan fingerprint density at radius 1 is 0.429 bits per heavy atom. The molecular formula is C32H70OSi2. The van der Waals surface area contributed by atoms with Crippen molar-refractivity contribution in [2.75, 3.05) is 0 Å². The van der Waals surface area contributed by atoms with Gasteiger partial charge in [0.15, 0.2) is 16.6 Å². The van der Waals surface area contributed by atoms with Gasteiger partial charge in [-0.3, -0.25) is 0 Å². The fraction of sp³-hybridized carbons (Fsp3) is 1.00. The fourth-order valence-corrected chi connectivity index (χ4v) is 16.6. The van der Waals surface area contributed by atoms with Crippen LogP contribution >= 0.6 is 0 Å². The molecule has 0 saturated carbocycles. The van der Waals surface area contributed by atoms with Crippen molar-refractivity contribution in [1.82, 2.24) is 0 Å². The smallest absolute Gasteiger partial charge is 0.176 e. The van der Waals surface area contributed by atoms with E-state index < -0.39 is 16.6 Å². The first kappa shape index (κ1) is 35.4. The van der Waals surface area contributed by atoms with Gasteiger partial charge in [-0.05, 0) is 37.3 Å². The molecule has 212 valence electrons. The van der Waals surface area contributed by atoms with Crippen LogP contribution in [0.1, 0.15) is 169 Å². The van der Waals surface area contributed by atoms with Crippen LogP contribution in [0.25, 0.3) is 0 Å². The molecule has 0 amide bonds. The molecule has 0 spiro atoms. The lowest BCUT2D eigenvalue weighted by Gasteiger charge is -2.41. The van der Waals surface area contributed by atoms with Gasteiger partial charge in [0, 0.05) is 0 Å². The first-order valence-electron chi connectivity index (χ1n) is 16.5. The lowest BCUT2D eigenvalue weighted by molar-refractivity contribution is 0.455. The van der Waals surface area contributed by atoms with Crippen molar-refractivity contribution in [2.24, 2.45) is 0 Å². The van der Waals surface area contributed by atoms with Gasteiger partial charge < -0.3 is 4.12 Å². The van der Waals surface area contributed by atoms with Gasteiger partial charge in [0.25, 0.3) is 0 Å². The molecule has 35 heavy (non-hydrogen) atoms. The third kappa shape index (κ3) is 20.1. The minimum Gasteiger partial charge on any atom is -0.455 e. The van der Waals surface area contributed by atoms with Crippen LogP contribution in [-0.2, 0) is 4.12 Å². The average molecular weight is 527 g/mol. The van der Waals surface area contributed by atoms with E-state index >= 15 is 0 Å². The van der Waals surface area contributed by atoms with Crippen LogP contribution in [0.3, 0.4) is 0 Å². The molecule has 0 saturated heterocycles. The standard InChI is InChI=1S/C32H70OSi2/c1-8-12-16-20-24-28-32(29-25-21-17-13-9-2)34(5,6)33-35(7,30-26-22-18-14-10-3)31-27-23-19-15-11-4/h32H,8-31H2,1-7H3. The maximum absolute atomic E-state index is 7.53. The zero-order chi connectivity index (χ0) is 26.3. The van der Waals surface area contributed by atoms with E-state index in [-0.39, 0.29) is 0 Å². The number of unbranched alkanes of at least 4 members (excludes halogenated alkanes) is 16. The maximum Gasteiger partial charge on any atom is 0.176 e. The molecule has 0 aliphatic heterocycles. The Hall–Kier alpha value is 0.394. The molecule has 1 nitrogen and oxygen atoms in total. The van der Waals surface area contributed by atoms with E-state index in [9.17, 15) is 0 Å². The van der Waals surface area contributed by atoms with Crippen molar-refractivity contribution >= 4 is 16.6 Å². The molecule has 0 atom stereocenters. The largest absolute Gasteiger partial charge is 0.455 e. The van der Waals surface area contributed by atoms with Gasteiger partial charge in [0.1, 0.15) is 0 Å². The molecule has 3 heteroatoms. The van der Waals surface area contributed by atoms with Crippen molar-refractivity contribution in [2.45, 2.75) is 206 Å². The highest BCUT2D eigenvalue weighted by atomic mass is 28.4. The molecule has 0 aromatic rings. The van der Waals surface area contributed by atoms with E-state index in [0.29, 0.717) is 0 Å². The molecule has 0 aliphatic carbocycles. The predicted molar refractivity (Wildman–Crippen MR) is 168 cm³/mol. The van der Waals surface area contributed by atoms with Crippen LogP contribution in [0, 0.1) is 0 Å². The summed E-state index contributed by atoms with van der Waals surface area (Å²) in [6.07, 6.45) is 31.1. The highest BCUT2D eigenvalue weighted by Gasteiger charge is 2.40. The predicted octanol–water partition coefficient (Wildman–Crippen LogP) is 12.8. The van der Waals surface area contributed by atoms with E-state index in [1.54, 1.807) is 0 Å². The summed E-state index contributed by atoms with van der Waals surface area (Å²) in [6, 6.07) is 2.83. The van der Waals surface area contributed by atoms with Gasteiger partial charge >= 0.3 is 0 Å². The van der Waals surface area contributed by atoms with Crippen LogP contribution in [0.2, 0.25) is 37.3 Å². The highest BCUT2D eigenvalue weighted by Crippen LogP contribution is 2.38. The summed E-state index contributed by atoms with van der Waals surface area (Å²) in [7, 11) is -3.32. The Labute approximate surface area is 226 Å². The van der Waals surface area contributed by atoms with Crippen LogP contribution in [0.5, 0.6) is 0 Å². The van der Waals surface area contributed by atoms with E-state index in [0.717, 1.165) is 5.54 Å². The Morgan fingerprint density at radius 2 is 0.743 bits per heavy atom. The number of hydrogen-bond acceptors (Lipinski definition) is 1. The second-order valence-corrected chi connectivity index (χ2v) is 21.3. The third-order valence-corrected chi connectivity index (χ3v) is 17.9. The Kier molecular flexibility index (Phi) is 23.8. The molecule has 0 radical (unpaired) electrons. The summed E-state index contributed by atoms with van der Waals surface area (Å²) in [4.78, 5) is 0. The van der Waals surface area contributed by atoms with E-state index in [4.69, 9.17) is 4.12 Å². The van der Waals surface area contributed by atoms with Crippen molar-refractivity contribution in [3.05, 3.63) is 0 Å². The Morgan fingerprint density at radius 3 is 1.09 bits per heavy atom. The van der Waals surface area contributed by atoms with Gasteiger partial charge in [-0.1, -0.05) is 169 Å².